The lowest BCUT2D eigenvalue weighted by molar-refractivity contribution is 0.254. The Morgan fingerprint density at radius 1 is 1.06 bits per heavy atom. The molecular weight excluding hydrogens is 424 g/mol. The molecule has 0 radical (unpaired) electrons. The molecule has 0 unspecified atom stereocenters. The third-order valence-electron chi connectivity index (χ3n) is 5.78. The predicted molar refractivity (Wildman–Crippen MR) is 129 cm³/mol. The van der Waals surface area contributed by atoms with Crippen LogP contribution in [0.4, 0.5) is 10.8 Å². The van der Waals surface area contributed by atoms with Crippen LogP contribution in [0.3, 0.4) is 0 Å². The number of anilines is 2. The molecule has 0 saturated carbocycles. The monoisotopic (exact) mass is 450 g/mol. The molecule has 9 heteroatoms. The molecule has 1 saturated heterocycles. The topological polar surface area (TPSA) is 112 Å². The van der Waals surface area contributed by atoms with Gasteiger partial charge in [-0.2, -0.15) is 0 Å². The van der Waals surface area contributed by atoms with E-state index in [1.807, 2.05) is 24.3 Å². The van der Waals surface area contributed by atoms with Crippen LogP contribution in [0.2, 0.25) is 0 Å². The maximum Gasteiger partial charge on any atom is 0.181 e. The van der Waals surface area contributed by atoms with Crippen molar-refractivity contribution in [2.75, 3.05) is 44.8 Å². The molecule has 0 spiro atoms. The fraction of sp³-hybridized carbons (Fsp3) is 0.348. The highest BCUT2D eigenvalue weighted by Crippen LogP contribution is 2.39. The van der Waals surface area contributed by atoms with E-state index in [-0.39, 0.29) is 0 Å². The summed E-state index contributed by atoms with van der Waals surface area (Å²) in [6, 6.07) is 7.59. The van der Waals surface area contributed by atoms with Crippen LogP contribution < -0.4 is 20.9 Å². The standard InChI is InChI=1S/C23H26N6O2S/c1-30-18-11-15-17(12-19(18)31-8-4-7-29-5-2-3-6-29)26-13-27-21(15)16-9-14(24)10-20-22(16)28-23(25)32-20/h9-13H,2-8,24H2,1H3,(H2,25,28). The number of nitrogens with zero attached hydrogens (tertiary/aromatic N) is 4. The average molecular weight is 451 g/mol. The largest absolute Gasteiger partial charge is 0.493 e. The summed E-state index contributed by atoms with van der Waals surface area (Å²) in [7, 11) is 1.64. The zero-order valence-electron chi connectivity index (χ0n) is 18.0. The van der Waals surface area contributed by atoms with E-state index in [4.69, 9.17) is 20.9 Å². The van der Waals surface area contributed by atoms with Crippen molar-refractivity contribution in [3.8, 4) is 22.8 Å². The van der Waals surface area contributed by atoms with Crippen LogP contribution in [-0.4, -0.2) is 53.2 Å². The van der Waals surface area contributed by atoms with Gasteiger partial charge in [0.15, 0.2) is 16.6 Å². The molecule has 8 nitrogen and oxygen atoms in total. The highest BCUT2D eigenvalue weighted by atomic mass is 32.1. The van der Waals surface area contributed by atoms with E-state index in [2.05, 4.69) is 19.9 Å². The van der Waals surface area contributed by atoms with Crippen molar-refractivity contribution in [3.05, 3.63) is 30.6 Å². The van der Waals surface area contributed by atoms with Gasteiger partial charge in [0.25, 0.3) is 0 Å². The van der Waals surface area contributed by atoms with E-state index >= 15 is 0 Å². The molecule has 0 aliphatic carbocycles. The Morgan fingerprint density at radius 2 is 1.91 bits per heavy atom. The first kappa shape index (κ1) is 20.7. The van der Waals surface area contributed by atoms with Crippen molar-refractivity contribution >= 4 is 43.3 Å². The number of benzene rings is 2. The normalized spacial score (nSPS) is 14.4. The minimum atomic E-state index is 0.493. The molecule has 166 valence electrons. The number of aromatic nitrogens is 3. The Balaban J connectivity index is 1.48. The van der Waals surface area contributed by atoms with Crippen molar-refractivity contribution in [2.45, 2.75) is 19.3 Å². The van der Waals surface area contributed by atoms with Gasteiger partial charge in [0.2, 0.25) is 0 Å². The zero-order chi connectivity index (χ0) is 22.1. The van der Waals surface area contributed by atoms with Gasteiger partial charge >= 0.3 is 0 Å². The summed E-state index contributed by atoms with van der Waals surface area (Å²) < 4.78 is 12.6. The van der Waals surface area contributed by atoms with Gasteiger partial charge in [-0.15, -0.1) is 0 Å². The first-order chi connectivity index (χ1) is 15.6. The number of ether oxygens (including phenoxy) is 2. The van der Waals surface area contributed by atoms with E-state index in [1.54, 1.807) is 13.4 Å². The van der Waals surface area contributed by atoms with E-state index in [1.165, 1.54) is 37.3 Å². The molecule has 0 atom stereocenters. The van der Waals surface area contributed by atoms with Gasteiger partial charge in [-0.3, -0.25) is 0 Å². The summed E-state index contributed by atoms with van der Waals surface area (Å²) in [6.45, 7) is 4.08. The number of rotatable bonds is 7. The summed E-state index contributed by atoms with van der Waals surface area (Å²) >= 11 is 1.41. The van der Waals surface area contributed by atoms with Gasteiger partial charge in [-0.05, 0) is 50.6 Å². The summed E-state index contributed by atoms with van der Waals surface area (Å²) in [6.07, 6.45) is 5.12. The van der Waals surface area contributed by atoms with Crippen LogP contribution in [-0.2, 0) is 0 Å². The highest BCUT2D eigenvalue weighted by Gasteiger charge is 2.17. The molecule has 2 aromatic heterocycles. The fourth-order valence-corrected chi connectivity index (χ4v) is 5.09. The van der Waals surface area contributed by atoms with Gasteiger partial charge in [0.1, 0.15) is 6.33 Å². The maximum absolute atomic E-state index is 6.16. The second-order valence-electron chi connectivity index (χ2n) is 7.96. The van der Waals surface area contributed by atoms with Gasteiger partial charge in [0.05, 0.1) is 35.1 Å². The van der Waals surface area contributed by atoms with Crippen LogP contribution in [0.5, 0.6) is 11.5 Å². The van der Waals surface area contributed by atoms with E-state index in [0.717, 1.165) is 45.3 Å². The molecule has 2 aromatic carbocycles. The lowest BCUT2D eigenvalue weighted by Crippen LogP contribution is -2.21. The first-order valence-electron chi connectivity index (χ1n) is 10.8. The Labute approximate surface area is 190 Å². The molecule has 5 rings (SSSR count). The predicted octanol–water partition coefficient (Wildman–Crippen LogP) is 3.94. The Bertz CT molecular complexity index is 1270. The van der Waals surface area contributed by atoms with Crippen molar-refractivity contribution in [1.29, 1.82) is 0 Å². The lowest BCUT2D eigenvalue weighted by atomic mass is 10.0. The first-order valence-corrected chi connectivity index (χ1v) is 11.6. The van der Waals surface area contributed by atoms with E-state index in [9.17, 15) is 0 Å². The van der Waals surface area contributed by atoms with Crippen LogP contribution >= 0.6 is 11.3 Å². The summed E-state index contributed by atoms with van der Waals surface area (Å²) in [5.41, 5.74) is 15.8. The molecular formula is C23H26N6O2S. The maximum atomic E-state index is 6.16. The van der Waals surface area contributed by atoms with Crippen molar-refractivity contribution < 1.29 is 9.47 Å². The molecule has 32 heavy (non-hydrogen) atoms. The molecule has 4 aromatic rings. The number of thiazole rings is 1. The van der Waals surface area contributed by atoms with Crippen LogP contribution in [0, 0.1) is 0 Å². The molecule has 1 aliphatic heterocycles. The molecule has 1 fully saturated rings. The van der Waals surface area contributed by atoms with Crippen molar-refractivity contribution in [1.82, 2.24) is 19.9 Å². The average Bonchev–Trinajstić information content (AvgIpc) is 3.44. The van der Waals surface area contributed by atoms with Crippen molar-refractivity contribution in [2.24, 2.45) is 0 Å². The number of hydrogen-bond donors (Lipinski definition) is 2. The van der Waals surface area contributed by atoms with Crippen LogP contribution in [0.1, 0.15) is 19.3 Å². The molecule has 0 bridgehead atoms. The van der Waals surface area contributed by atoms with Gasteiger partial charge in [-0.1, -0.05) is 11.3 Å². The fourth-order valence-electron chi connectivity index (χ4n) is 4.28. The molecule has 0 amide bonds. The number of hydrogen-bond acceptors (Lipinski definition) is 9. The minimum absolute atomic E-state index is 0.493. The molecule has 3 heterocycles. The van der Waals surface area contributed by atoms with Crippen molar-refractivity contribution in [3.63, 3.8) is 0 Å². The van der Waals surface area contributed by atoms with Gasteiger partial charge in [-0.25, -0.2) is 15.0 Å². The van der Waals surface area contributed by atoms with Gasteiger partial charge in [0, 0.05) is 29.2 Å². The third-order valence-corrected chi connectivity index (χ3v) is 6.62. The second kappa shape index (κ2) is 8.76. The Kier molecular flexibility index (Phi) is 5.67. The Hall–Kier alpha value is -3.17. The number of nitrogen functional groups attached to an aromatic ring is 2. The highest BCUT2D eigenvalue weighted by molar-refractivity contribution is 7.22. The lowest BCUT2D eigenvalue weighted by Gasteiger charge is -2.16. The van der Waals surface area contributed by atoms with E-state index < -0.39 is 0 Å². The third kappa shape index (κ3) is 4.01. The number of nitrogens with two attached hydrogens (primary N) is 2. The summed E-state index contributed by atoms with van der Waals surface area (Å²) in [4.78, 5) is 16.0. The quantitative estimate of drug-likeness (QED) is 0.322. The van der Waals surface area contributed by atoms with Gasteiger partial charge < -0.3 is 25.8 Å². The van der Waals surface area contributed by atoms with Crippen LogP contribution in [0.15, 0.2) is 30.6 Å². The minimum Gasteiger partial charge on any atom is -0.493 e. The SMILES string of the molecule is COc1cc2c(-c3cc(N)cc4sc(N)nc34)ncnc2cc1OCCCN1CCCC1. The second-order valence-corrected chi connectivity index (χ2v) is 9.02. The summed E-state index contributed by atoms with van der Waals surface area (Å²) in [5.74, 6) is 1.33. The Morgan fingerprint density at radius 3 is 2.72 bits per heavy atom. The number of fused-ring (bicyclic) bond motifs is 2. The van der Waals surface area contributed by atoms with E-state index in [0.29, 0.717) is 28.9 Å². The molecule has 4 N–H and O–H groups in total. The number of methoxy groups -OCH3 is 1. The zero-order valence-corrected chi connectivity index (χ0v) is 18.8. The summed E-state index contributed by atoms with van der Waals surface area (Å²) in [5, 5.41) is 1.33. The smallest absolute Gasteiger partial charge is 0.181 e. The number of likely N-dealkylation sites (tertiary alicyclic amines) is 1. The molecule has 1 aliphatic rings. The van der Waals surface area contributed by atoms with Crippen LogP contribution in [0.25, 0.3) is 32.4 Å².